The van der Waals surface area contributed by atoms with E-state index in [0.717, 1.165) is 0 Å². The maximum atomic E-state index is 12.0. The van der Waals surface area contributed by atoms with Crippen LogP contribution in [0.1, 0.15) is 15.9 Å². The van der Waals surface area contributed by atoms with Crippen LogP contribution in [0.25, 0.3) is 0 Å². The molecule has 7 heteroatoms. The second-order valence-corrected chi connectivity index (χ2v) is 4.77. The highest BCUT2D eigenvalue weighted by atomic mass is 16.6. The van der Waals surface area contributed by atoms with Crippen LogP contribution in [-0.4, -0.2) is 23.8 Å². The number of hydrogen-bond acceptors (Lipinski definition) is 4. The summed E-state index contributed by atoms with van der Waals surface area (Å²) in [5.41, 5.74) is 1.25. The highest BCUT2D eigenvalue weighted by Crippen LogP contribution is 2.19. The summed E-state index contributed by atoms with van der Waals surface area (Å²) in [7, 11) is 1.53. The van der Waals surface area contributed by atoms with Crippen LogP contribution in [0.3, 0.4) is 0 Å². The minimum absolute atomic E-state index is 0.0855. The molecule has 0 radical (unpaired) electrons. The Bertz CT molecular complexity index is 741. The number of rotatable bonds is 5. The number of nitro groups is 1. The Kier molecular flexibility index (Phi) is 5.03. The number of amides is 2. The van der Waals surface area contributed by atoms with E-state index in [9.17, 15) is 19.7 Å². The molecule has 118 valence electrons. The molecule has 0 aliphatic heterocycles. The highest BCUT2D eigenvalue weighted by Gasteiger charge is 2.15. The largest absolute Gasteiger partial charge is 0.355 e. The minimum Gasteiger partial charge on any atom is -0.355 e. The smallest absolute Gasteiger partial charge is 0.273 e. The van der Waals surface area contributed by atoms with Crippen LogP contribution in [0.15, 0.2) is 48.5 Å². The zero-order chi connectivity index (χ0) is 16.8. The normalized spacial score (nSPS) is 9.96. The molecule has 0 saturated heterocycles. The van der Waals surface area contributed by atoms with Gasteiger partial charge in [-0.1, -0.05) is 18.2 Å². The fraction of sp³-hybridized carbons (Fsp3) is 0.125. The number of para-hydroxylation sites is 1. The lowest BCUT2D eigenvalue weighted by Gasteiger charge is -2.07. The third-order valence-electron chi connectivity index (χ3n) is 3.20. The quantitative estimate of drug-likeness (QED) is 0.652. The van der Waals surface area contributed by atoms with Crippen LogP contribution in [0.4, 0.5) is 11.4 Å². The van der Waals surface area contributed by atoms with Gasteiger partial charge in [0.2, 0.25) is 5.91 Å². The van der Waals surface area contributed by atoms with Crippen LogP contribution >= 0.6 is 0 Å². The molecule has 0 atom stereocenters. The maximum absolute atomic E-state index is 12.0. The monoisotopic (exact) mass is 313 g/mol. The Morgan fingerprint density at radius 1 is 1.09 bits per heavy atom. The Balaban J connectivity index is 2.05. The van der Waals surface area contributed by atoms with Gasteiger partial charge in [-0.2, -0.15) is 0 Å². The molecule has 23 heavy (non-hydrogen) atoms. The van der Waals surface area contributed by atoms with E-state index in [0.29, 0.717) is 16.8 Å². The van der Waals surface area contributed by atoms with Crippen molar-refractivity contribution < 1.29 is 14.5 Å². The van der Waals surface area contributed by atoms with E-state index in [2.05, 4.69) is 10.6 Å². The van der Waals surface area contributed by atoms with Crippen molar-refractivity contribution in [2.45, 2.75) is 6.42 Å². The van der Waals surface area contributed by atoms with E-state index in [-0.39, 0.29) is 23.9 Å². The van der Waals surface area contributed by atoms with Gasteiger partial charge in [0.25, 0.3) is 11.6 Å². The zero-order valence-electron chi connectivity index (χ0n) is 12.4. The summed E-state index contributed by atoms with van der Waals surface area (Å²) in [5.74, 6) is -0.588. The first-order valence-electron chi connectivity index (χ1n) is 6.85. The van der Waals surface area contributed by atoms with Gasteiger partial charge < -0.3 is 10.6 Å². The molecule has 0 aliphatic rings. The van der Waals surface area contributed by atoms with Gasteiger partial charge >= 0.3 is 0 Å². The molecule has 2 N–H and O–H groups in total. The van der Waals surface area contributed by atoms with Gasteiger partial charge in [-0.05, 0) is 24.3 Å². The van der Waals surface area contributed by atoms with E-state index in [4.69, 9.17) is 0 Å². The van der Waals surface area contributed by atoms with Gasteiger partial charge in [0.15, 0.2) is 0 Å². The van der Waals surface area contributed by atoms with Crippen molar-refractivity contribution in [1.82, 2.24) is 5.32 Å². The first-order chi connectivity index (χ1) is 11.0. The van der Waals surface area contributed by atoms with Gasteiger partial charge in [0.05, 0.1) is 11.3 Å². The van der Waals surface area contributed by atoms with E-state index < -0.39 is 4.92 Å². The first-order valence-corrected chi connectivity index (χ1v) is 6.85. The third-order valence-corrected chi connectivity index (χ3v) is 3.20. The molecule has 2 amide bonds. The summed E-state index contributed by atoms with van der Waals surface area (Å²) < 4.78 is 0. The van der Waals surface area contributed by atoms with E-state index >= 15 is 0 Å². The van der Waals surface area contributed by atoms with E-state index in [1.165, 1.54) is 13.1 Å². The highest BCUT2D eigenvalue weighted by molar-refractivity contribution is 5.96. The van der Waals surface area contributed by atoms with Gasteiger partial charge in [-0.3, -0.25) is 19.7 Å². The van der Waals surface area contributed by atoms with Gasteiger partial charge in [-0.15, -0.1) is 0 Å². The number of anilines is 1. The van der Waals surface area contributed by atoms with Crippen LogP contribution < -0.4 is 10.6 Å². The van der Waals surface area contributed by atoms with Crippen molar-refractivity contribution in [3.05, 3.63) is 69.8 Å². The number of nitrogens with zero attached hydrogens (tertiary/aromatic N) is 1. The lowest BCUT2D eigenvalue weighted by molar-refractivity contribution is -0.385. The average Bonchev–Trinajstić information content (AvgIpc) is 2.55. The molecule has 2 aromatic rings. The predicted octanol–water partition coefficient (Wildman–Crippen LogP) is 2.14. The fourth-order valence-electron chi connectivity index (χ4n) is 2.07. The predicted molar refractivity (Wildman–Crippen MR) is 85.3 cm³/mol. The fourth-order valence-corrected chi connectivity index (χ4v) is 2.07. The Hall–Kier alpha value is -3.22. The van der Waals surface area contributed by atoms with Crippen molar-refractivity contribution in [2.24, 2.45) is 0 Å². The van der Waals surface area contributed by atoms with Gasteiger partial charge in [0, 0.05) is 29.9 Å². The molecule has 7 nitrogen and oxygen atoms in total. The number of benzene rings is 2. The molecule has 0 bridgehead atoms. The van der Waals surface area contributed by atoms with Crippen LogP contribution in [0.5, 0.6) is 0 Å². The van der Waals surface area contributed by atoms with Crippen molar-refractivity contribution in [2.75, 3.05) is 12.4 Å². The van der Waals surface area contributed by atoms with Gasteiger partial charge in [-0.25, -0.2) is 0 Å². The standard InChI is InChI=1S/C16H15N3O4/c1-17-16(21)11-6-8-13(9-7-11)18-15(20)10-12-4-2-3-5-14(12)19(22)23/h2-9H,10H2,1H3,(H,17,21)(H,18,20). The molecular formula is C16H15N3O4. The molecule has 0 saturated carbocycles. The number of nitrogens with one attached hydrogen (secondary N) is 2. The summed E-state index contributed by atoms with van der Waals surface area (Å²) in [5, 5.41) is 16.1. The molecule has 0 heterocycles. The molecule has 2 aromatic carbocycles. The topological polar surface area (TPSA) is 101 Å². The Morgan fingerprint density at radius 3 is 2.35 bits per heavy atom. The minimum atomic E-state index is -0.513. The summed E-state index contributed by atoms with van der Waals surface area (Å²) in [4.78, 5) is 33.9. The molecule has 2 rings (SSSR count). The van der Waals surface area contributed by atoms with E-state index in [1.807, 2.05) is 0 Å². The van der Waals surface area contributed by atoms with Crippen LogP contribution in [-0.2, 0) is 11.2 Å². The van der Waals surface area contributed by atoms with Crippen molar-refractivity contribution in [1.29, 1.82) is 0 Å². The van der Waals surface area contributed by atoms with Crippen molar-refractivity contribution in [3.63, 3.8) is 0 Å². The van der Waals surface area contributed by atoms with Crippen LogP contribution in [0, 0.1) is 10.1 Å². The zero-order valence-corrected chi connectivity index (χ0v) is 12.4. The molecule has 0 aromatic heterocycles. The molecule has 0 unspecified atom stereocenters. The van der Waals surface area contributed by atoms with Crippen molar-refractivity contribution in [3.8, 4) is 0 Å². The molecule has 0 aliphatic carbocycles. The summed E-state index contributed by atoms with van der Waals surface area (Å²) in [6.07, 6.45) is -0.103. The molecule has 0 spiro atoms. The lowest BCUT2D eigenvalue weighted by Crippen LogP contribution is -2.18. The van der Waals surface area contributed by atoms with Crippen molar-refractivity contribution >= 4 is 23.2 Å². The number of carbonyl (C=O) groups is 2. The Labute approximate surface area is 132 Å². The Morgan fingerprint density at radius 2 is 1.74 bits per heavy atom. The molecular weight excluding hydrogens is 298 g/mol. The third kappa shape index (κ3) is 4.13. The number of carbonyl (C=O) groups excluding carboxylic acids is 2. The number of nitro benzene ring substituents is 1. The lowest BCUT2D eigenvalue weighted by atomic mass is 10.1. The summed E-state index contributed by atoms with van der Waals surface area (Å²) in [6, 6.07) is 12.5. The molecule has 0 fully saturated rings. The maximum Gasteiger partial charge on any atom is 0.273 e. The average molecular weight is 313 g/mol. The number of hydrogen-bond donors (Lipinski definition) is 2. The second-order valence-electron chi connectivity index (χ2n) is 4.77. The summed E-state index contributed by atoms with van der Waals surface area (Å²) in [6.45, 7) is 0. The van der Waals surface area contributed by atoms with Gasteiger partial charge in [0.1, 0.15) is 0 Å². The van der Waals surface area contributed by atoms with E-state index in [1.54, 1.807) is 42.5 Å². The first kappa shape index (κ1) is 16.2. The second kappa shape index (κ2) is 7.17. The SMILES string of the molecule is CNC(=O)c1ccc(NC(=O)Cc2ccccc2[N+](=O)[O-])cc1. The summed E-state index contributed by atoms with van der Waals surface area (Å²) >= 11 is 0. The van der Waals surface area contributed by atoms with Crippen LogP contribution in [0.2, 0.25) is 0 Å².